The molecule has 3 heterocycles. The number of rotatable bonds is 5. The Balaban J connectivity index is 1.46. The first-order valence-electron chi connectivity index (χ1n) is 9.46. The molecule has 1 aliphatic heterocycles. The fraction of sp³-hybridized carbons (Fsp3) is 0.286. The van der Waals surface area contributed by atoms with Crippen molar-refractivity contribution in [3.63, 3.8) is 0 Å². The second-order valence-electron chi connectivity index (χ2n) is 6.95. The van der Waals surface area contributed by atoms with E-state index in [1.54, 1.807) is 48.8 Å². The highest BCUT2D eigenvalue weighted by Gasteiger charge is 2.37. The van der Waals surface area contributed by atoms with E-state index in [9.17, 15) is 18.0 Å². The maximum Gasteiger partial charge on any atom is 0.426 e. The fourth-order valence-electron chi connectivity index (χ4n) is 3.41. The second-order valence-corrected chi connectivity index (χ2v) is 8.00. The predicted molar refractivity (Wildman–Crippen MR) is 110 cm³/mol. The monoisotopic (exact) mass is 432 g/mol. The Labute approximate surface area is 175 Å². The lowest BCUT2D eigenvalue weighted by atomic mass is 10.1. The summed E-state index contributed by atoms with van der Waals surface area (Å²) >= 11 is 0.524. The van der Waals surface area contributed by atoms with Gasteiger partial charge < -0.3 is 4.90 Å². The van der Waals surface area contributed by atoms with Gasteiger partial charge in [0.05, 0.1) is 11.4 Å². The third-order valence-corrected chi connectivity index (χ3v) is 6.14. The molecule has 2 aromatic heterocycles. The van der Waals surface area contributed by atoms with Gasteiger partial charge in [0.15, 0.2) is 5.78 Å². The molecule has 0 bridgehead atoms. The number of alkyl halides is 3. The number of hydrogen-bond acceptors (Lipinski definition) is 6. The summed E-state index contributed by atoms with van der Waals surface area (Å²) in [6.07, 6.45) is -1.15. The van der Waals surface area contributed by atoms with E-state index in [1.165, 1.54) is 6.07 Å². The van der Waals surface area contributed by atoms with Crippen LogP contribution >= 0.6 is 11.3 Å². The molecule has 0 atom stereocenters. The summed E-state index contributed by atoms with van der Waals surface area (Å²) in [4.78, 5) is 24.6. The summed E-state index contributed by atoms with van der Waals surface area (Å²) in [6.45, 7) is 2.64. The summed E-state index contributed by atoms with van der Waals surface area (Å²) in [5.74, 6) is 0.348. The van der Waals surface area contributed by atoms with Gasteiger partial charge >= 0.3 is 6.18 Å². The number of carbonyl (C=O) groups excluding carboxylic acids is 1. The number of hydrogen-bond donors (Lipinski definition) is 0. The molecule has 156 valence electrons. The van der Waals surface area contributed by atoms with Crippen LogP contribution < -0.4 is 4.90 Å². The zero-order chi connectivity index (χ0) is 21.1. The molecule has 5 nitrogen and oxygen atoms in total. The molecule has 0 N–H and O–H groups in total. The van der Waals surface area contributed by atoms with E-state index in [2.05, 4.69) is 9.97 Å². The van der Waals surface area contributed by atoms with Crippen molar-refractivity contribution < 1.29 is 18.0 Å². The van der Waals surface area contributed by atoms with Gasteiger partial charge in [-0.1, -0.05) is 30.3 Å². The zero-order valence-electron chi connectivity index (χ0n) is 16.0. The number of halogens is 3. The van der Waals surface area contributed by atoms with Crippen LogP contribution in [-0.2, 0) is 6.18 Å². The molecule has 1 aliphatic rings. The number of thiophene rings is 1. The summed E-state index contributed by atoms with van der Waals surface area (Å²) in [5.41, 5.74) is 0.513. The number of Topliss-reactive ketones (excluding diaryl/α,β-unsaturated/α-hetero) is 1. The molecule has 0 aliphatic carbocycles. The van der Waals surface area contributed by atoms with E-state index in [1.807, 2.05) is 9.80 Å². The van der Waals surface area contributed by atoms with E-state index < -0.39 is 11.1 Å². The van der Waals surface area contributed by atoms with Crippen LogP contribution in [0.15, 0.2) is 54.9 Å². The maximum atomic E-state index is 13.5. The molecule has 0 spiro atoms. The first-order chi connectivity index (χ1) is 14.4. The normalized spacial score (nSPS) is 15.4. The van der Waals surface area contributed by atoms with Gasteiger partial charge in [-0.05, 0) is 17.7 Å². The van der Waals surface area contributed by atoms with Gasteiger partial charge in [0.1, 0.15) is 4.88 Å². The Bertz CT molecular complexity index is 1000. The van der Waals surface area contributed by atoms with Crippen LogP contribution in [0.5, 0.6) is 0 Å². The number of anilines is 1. The highest BCUT2D eigenvalue weighted by Crippen LogP contribution is 2.42. The molecule has 9 heteroatoms. The van der Waals surface area contributed by atoms with Crippen molar-refractivity contribution >= 4 is 23.1 Å². The first kappa shape index (κ1) is 20.5. The van der Waals surface area contributed by atoms with Crippen LogP contribution in [0.2, 0.25) is 0 Å². The smallest absolute Gasteiger partial charge is 0.338 e. The van der Waals surface area contributed by atoms with Crippen LogP contribution in [-0.4, -0.2) is 53.4 Å². The Morgan fingerprint density at radius 2 is 1.67 bits per heavy atom. The van der Waals surface area contributed by atoms with Crippen molar-refractivity contribution in [1.29, 1.82) is 0 Å². The molecule has 4 rings (SSSR count). The van der Waals surface area contributed by atoms with Crippen molar-refractivity contribution in [3.05, 3.63) is 64.6 Å². The molecule has 0 saturated carbocycles. The number of aromatic nitrogens is 2. The van der Waals surface area contributed by atoms with Gasteiger partial charge in [-0.3, -0.25) is 9.69 Å². The van der Waals surface area contributed by atoms with Crippen molar-refractivity contribution in [2.45, 2.75) is 6.18 Å². The molecular weight excluding hydrogens is 413 g/mol. The van der Waals surface area contributed by atoms with Gasteiger partial charge in [-0.15, -0.1) is 11.3 Å². The van der Waals surface area contributed by atoms with Crippen LogP contribution in [0.1, 0.15) is 14.5 Å². The lowest BCUT2D eigenvalue weighted by molar-refractivity contribution is -0.133. The van der Waals surface area contributed by atoms with Gasteiger partial charge in [0.25, 0.3) is 0 Å². The number of ketones is 1. The summed E-state index contributed by atoms with van der Waals surface area (Å²) in [6, 6.07) is 11.5. The molecule has 0 amide bonds. The minimum atomic E-state index is -4.50. The average Bonchev–Trinajstić information content (AvgIpc) is 3.22. The number of carbonyl (C=O) groups is 1. The molecule has 30 heavy (non-hydrogen) atoms. The van der Waals surface area contributed by atoms with Crippen molar-refractivity contribution in [3.8, 4) is 11.1 Å². The Morgan fingerprint density at radius 3 is 2.30 bits per heavy atom. The SMILES string of the molecule is O=C(CN1CCN(c2ncccn2)CC1)c1cc(-c2ccccc2)c(C(F)(F)F)s1. The largest absolute Gasteiger partial charge is 0.426 e. The van der Waals surface area contributed by atoms with Crippen molar-refractivity contribution in [1.82, 2.24) is 14.9 Å². The third-order valence-electron chi connectivity index (χ3n) is 4.92. The van der Waals surface area contributed by atoms with E-state index >= 15 is 0 Å². The molecule has 3 aromatic rings. The van der Waals surface area contributed by atoms with Gasteiger partial charge in [0.2, 0.25) is 5.95 Å². The first-order valence-corrected chi connectivity index (χ1v) is 10.3. The lowest BCUT2D eigenvalue weighted by Crippen LogP contribution is -2.48. The van der Waals surface area contributed by atoms with E-state index in [-0.39, 0.29) is 22.8 Å². The van der Waals surface area contributed by atoms with Crippen LogP contribution in [0, 0.1) is 0 Å². The van der Waals surface area contributed by atoms with Gasteiger partial charge in [0, 0.05) is 44.1 Å². The number of nitrogens with zero attached hydrogens (tertiary/aromatic N) is 4. The molecule has 0 unspecified atom stereocenters. The average molecular weight is 432 g/mol. The molecular formula is C21H19F3N4OS. The third kappa shape index (κ3) is 4.52. The molecule has 0 radical (unpaired) electrons. The maximum absolute atomic E-state index is 13.5. The minimum Gasteiger partial charge on any atom is -0.338 e. The van der Waals surface area contributed by atoms with Crippen molar-refractivity contribution in [2.75, 3.05) is 37.6 Å². The minimum absolute atomic E-state index is 0.0579. The summed E-state index contributed by atoms with van der Waals surface area (Å²) in [5, 5.41) is 0. The fourth-order valence-corrected chi connectivity index (χ4v) is 4.39. The van der Waals surface area contributed by atoms with Crippen LogP contribution in [0.25, 0.3) is 11.1 Å². The number of benzene rings is 1. The van der Waals surface area contributed by atoms with E-state index in [0.29, 0.717) is 49.0 Å². The summed E-state index contributed by atoms with van der Waals surface area (Å²) < 4.78 is 40.6. The zero-order valence-corrected chi connectivity index (χ0v) is 16.8. The van der Waals surface area contributed by atoms with Gasteiger partial charge in [-0.2, -0.15) is 13.2 Å². The molecule has 1 aromatic carbocycles. The van der Waals surface area contributed by atoms with Gasteiger partial charge in [-0.25, -0.2) is 9.97 Å². The Kier molecular flexibility index (Phi) is 5.83. The van der Waals surface area contributed by atoms with E-state index in [0.717, 1.165) is 0 Å². The Hall–Kier alpha value is -2.78. The topological polar surface area (TPSA) is 49.3 Å². The van der Waals surface area contributed by atoms with Crippen LogP contribution in [0.3, 0.4) is 0 Å². The van der Waals surface area contributed by atoms with E-state index in [4.69, 9.17) is 0 Å². The van der Waals surface area contributed by atoms with Crippen LogP contribution in [0.4, 0.5) is 19.1 Å². The summed E-state index contributed by atoms with van der Waals surface area (Å²) in [7, 11) is 0. The molecule has 1 saturated heterocycles. The number of piperazine rings is 1. The predicted octanol–water partition coefficient (Wildman–Crippen LogP) is 4.23. The highest BCUT2D eigenvalue weighted by atomic mass is 32.1. The highest BCUT2D eigenvalue weighted by molar-refractivity contribution is 7.14. The standard InChI is InChI=1S/C21H19F3N4OS/c22-21(23,24)19-16(15-5-2-1-3-6-15)13-18(30-19)17(29)14-27-9-11-28(12-10-27)20-25-7-4-8-26-20/h1-8,13H,9-12,14H2. The van der Waals surface area contributed by atoms with Crippen molar-refractivity contribution in [2.24, 2.45) is 0 Å². The second kappa shape index (κ2) is 8.53. The lowest BCUT2D eigenvalue weighted by Gasteiger charge is -2.34. The Morgan fingerprint density at radius 1 is 1.00 bits per heavy atom. The molecule has 1 fully saturated rings. The quantitative estimate of drug-likeness (QED) is 0.565.